The molecule has 11 rings (SSSR count). The number of benzene rings is 8. The van der Waals surface area contributed by atoms with Crippen LogP contribution in [0.3, 0.4) is 0 Å². The molecule has 0 saturated heterocycles. The van der Waals surface area contributed by atoms with Gasteiger partial charge in [-0.15, -0.1) is 0 Å². The molecule has 0 aromatic heterocycles. The zero-order chi connectivity index (χ0) is 39.9. The second-order valence-corrected chi connectivity index (χ2v) is 21.9. The Morgan fingerprint density at radius 2 is 0.966 bits per heavy atom. The fourth-order valence-electron chi connectivity index (χ4n) is 9.10. The molecule has 6 heteroatoms. The van der Waals surface area contributed by atoms with E-state index in [-0.39, 0.29) is 5.41 Å². The molecule has 0 aliphatic carbocycles. The van der Waals surface area contributed by atoms with E-state index >= 15 is 0 Å². The molecule has 0 bridgehead atoms. The van der Waals surface area contributed by atoms with Gasteiger partial charge < -0.3 is 19.1 Å². The lowest BCUT2D eigenvalue weighted by molar-refractivity contribution is 0.419. The van der Waals surface area contributed by atoms with Crippen LogP contribution in [0.15, 0.2) is 186 Å². The van der Waals surface area contributed by atoms with Gasteiger partial charge in [0.15, 0.2) is 5.75 Å². The fourth-order valence-corrected chi connectivity index (χ4v) is 12.9. The maximum atomic E-state index is 6.91. The second kappa shape index (κ2) is 13.6. The molecule has 4 nitrogen and oxygen atoms in total. The van der Waals surface area contributed by atoms with Crippen molar-refractivity contribution in [2.75, 3.05) is 4.90 Å². The van der Waals surface area contributed by atoms with Gasteiger partial charge in [0, 0.05) is 39.0 Å². The van der Waals surface area contributed by atoms with Crippen molar-refractivity contribution >= 4 is 47.3 Å². The van der Waals surface area contributed by atoms with E-state index in [0.29, 0.717) is 0 Å². The Kier molecular flexibility index (Phi) is 8.19. The number of ether oxygens (including phenoxy) is 3. The summed E-state index contributed by atoms with van der Waals surface area (Å²) in [5.41, 5.74) is 9.58. The molecule has 0 atom stereocenters. The SMILES string of the molecule is CC1(C)c2ccccc2Oc2c(-c3ccc(N(c4ccc(-c5cccc6c5Oc5ccccc5S6)cc4)c4cccc5c4Oc4ccccc4[Si]5(C)C)cc3)cccc21. The normalized spacial score (nSPS) is 14.7. The molecule has 0 fully saturated rings. The predicted octanol–water partition coefficient (Wildman–Crippen LogP) is 14.1. The van der Waals surface area contributed by atoms with E-state index in [0.717, 1.165) is 83.6 Å². The highest BCUT2D eigenvalue weighted by molar-refractivity contribution is 7.99. The fraction of sp³-hybridized carbons (Fsp3) is 0.0943. The molecule has 0 unspecified atom stereocenters. The highest BCUT2D eigenvalue weighted by Crippen LogP contribution is 2.53. The Labute approximate surface area is 350 Å². The second-order valence-electron chi connectivity index (χ2n) is 16.5. The van der Waals surface area contributed by atoms with Crippen LogP contribution in [0.1, 0.15) is 25.0 Å². The summed E-state index contributed by atoms with van der Waals surface area (Å²) in [5, 5.41) is 2.60. The Balaban J connectivity index is 1.02. The van der Waals surface area contributed by atoms with Gasteiger partial charge in [-0.2, -0.15) is 0 Å². The zero-order valence-electron chi connectivity index (χ0n) is 33.3. The molecule has 286 valence electrons. The molecule has 0 amide bonds. The number of fused-ring (bicyclic) bond motifs is 6. The number of nitrogens with zero attached hydrogens (tertiary/aromatic N) is 1. The average molecular weight is 800 g/mol. The van der Waals surface area contributed by atoms with Crippen LogP contribution < -0.4 is 29.5 Å². The van der Waals surface area contributed by atoms with Crippen molar-refractivity contribution < 1.29 is 14.2 Å². The monoisotopic (exact) mass is 799 g/mol. The van der Waals surface area contributed by atoms with Crippen molar-refractivity contribution in [3.63, 3.8) is 0 Å². The van der Waals surface area contributed by atoms with Crippen LogP contribution in [-0.2, 0) is 5.41 Å². The molecule has 3 aliphatic heterocycles. The minimum atomic E-state index is -2.09. The summed E-state index contributed by atoms with van der Waals surface area (Å²) in [6.07, 6.45) is 0. The van der Waals surface area contributed by atoms with Gasteiger partial charge in [0.2, 0.25) is 0 Å². The molecular formula is C53H41NO3SSi. The highest BCUT2D eigenvalue weighted by Gasteiger charge is 2.39. The summed E-state index contributed by atoms with van der Waals surface area (Å²) in [5.74, 6) is 5.48. The van der Waals surface area contributed by atoms with E-state index in [2.05, 4.69) is 190 Å². The lowest BCUT2D eigenvalue weighted by Crippen LogP contribution is -2.56. The van der Waals surface area contributed by atoms with Gasteiger partial charge in [0.25, 0.3) is 0 Å². The Morgan fingerprint density at radius 3 is 1.71 bits per heavy atom. The maximum absolute atomic E-state index is 6.91. The smallest absolute Gasteiger partial charge is 0.151 e. The largest absolute Gasteiger partial charge is 0.456 e. The quantitative estimate of drug-likeness (QED) is 0.162. The predicted molar refractivity (Wildman–Crippen MR) is 245 cm³/mol. The van der Waals surface area contributed by atoms with Crippen LogP contribution in [0.25, 0.3) is 22.3 Å². The van der Waals surface area contributed by atoms with E-state index in [1.54, 1.807) is 11.8 Å². The Morgan fingerprint density at radius 1 is 0.441 bits per heavy atom. The first-order valence-electron chi connectivity index (χ1n) is 20.2. The van der Waals surface area contributed by atoms with E-state index in [1.165, 1.54) is 21.5 Å². The van der Waals surface area contributed by atoms with Crippen LogP contribution in [0.4, 0.5) is 17.1 Å². The summed E-state index contributed by atoms with van der Waals surface area (Å²) in [7, 11) is -2.09. The van der Waals surface area contributed by atoms with Crippen LogP contribution in [0, 0.1) is 0 Å². The van der Waals surface area contributed by atoms with Crippen LogP contribution in [-0.4, -0.2) is 8.07 Å². The number of para-hydroxylation sites is 6. The van der Waals surface area contributed by atoms with Gasteiger partial charge in [-0.25, -0.2) is 0 Å². The molecule has 59 heavy (non-hydrogen) atoms. The minimum Gasteiger partial charge on any atom is -0.456 e. The third kappa shape index (κ3) is 5.73. The summed E-state index contributed by atoms with van der Waals surface area (Å²) < 4.78 is 20.2. The molecule has 8 aromatic rings. The van der Waals surface area contributed by atoms with Crippen molar-refractivity contribution in [2.24, 2.45) is 0 Å². The van der Waals surface area contributed by atoms with E-state index in [9.17, 15) is 0 Å². The lowest BCUT2D eigenvalue weighted by atomic mass is 9.75. The van der Waals surface area contributed by atoms with Gasteiger partial charge >= 0.3 is 0 Å². The summed E-state index contributed by atoms with van der Waals surface area (Å²) in [6.45, 7) is 9.41. The minimum absolute atomic E-state index is 0.195. The standard InChI is InChI=1S/C53H41NO3SSi/c1-53(2)40-16-5-6-19-43(40)55-50-38(14-11-17-41(50)53)34-26-30-36(31-27-34)54(42-18-13-25-49-52(42)57-45-21-8-10-24-48(45)59(49,3)4)37-32-28-35(29-33-37)39-15-12-23-47-51(39)56-44-20-7-9-22-46(44)58-47/h5-33H,1-4H3. The van der Waals surface area contributed by atoms with Gasteiger partial charge in [-0.3, -0.25) is 0 Å². The molecule has 0 radical (unpaired) electrons. The molecule has 3 aliphatic rings. The number of hydrogen-bond acceptors (Lipinski definition) is 5. The van der Waals surface area contributed by atoms with Crippen molar-refractivity contribution in [2.45, 2.75) is 42.1 Å². The molecule has 8 aromatic carbocycles. The van der Waals surface area contributed by atoms with E-state index in [4.69, 9.17) is 14.2 Å². The van der Waals surface area contributed by atoms with Gasteiger partial charge in [0.1, 0.15) is 36.8 Å². The maximum Gasteiger partial charge on any atom is 0.151 e. The summed E-state index contributed by atoms with van der Waals surface area (Å²) >= 11 is 1.75. The highest BCUT2D eigenvalue weighted by atomic mass is 32.2. The average Bonchev–Trinajstić information content (AvgIpc) is 3.26. The lowest BCUT2D eigenvalue weighted by Gasteiger charge is -2.36. The van der Waals surface area contributed by atoms with E-state index < -0.39 is 8.07 Å². The Hall–Kier alpha value is -6.47. The first-order valence-corrected chi connectivity index (χ1v) is 24.0. The number of anilines is 3. The van der Waals surface area contributed by atoms with Crippen molar-refractivity contribution in [1.82, 2.24) is 0 Å². The van der Waals surface area contributed by atoms with Gasteiger partial charge in [-0.05, 0) is 82.2 Å². The third-order valence-corrected chi connectivity index (χ3v) is 16.9. The van der Waals surface area contributed by atoms with E-state index in [1.807, 2.05) is 18.2 Å². The number of hydrogen-bond donors (Lipinski definition) is 0. The summed E-state index contributed by atoms with van der Waals surface area (Å²) in [4.78, 5) is 4.58. The zero-order valence-corrected chi connectivity index (χ0v) is 35.1. The van der Waals surface area contributed by atoms with Crippen LogP contribution >= 0.6 is 11.8 Å². The first-order chi connectivity index (χ1) is 28.8. The number of rotatable bonds is 5. The van der Waals surface area contributed by atoms with Gasteiger partial charge in [-0.1, -0.05) is 154 Å². The van der Waals surface area contributed by atoms with Crippen LogP contribution in [0.2, 0.25) is 13.1 Å². The van der Waals surface area contributed by atoms with Crippen molar-refractivity contribution in [3.8, 4) is 56.8 Å². The molecule has 0 saturated carbocycles. The van der Waals surface area contributed by atoms with Crippen molar-refractivity contribution in [3.05, 3.63) is 187 Å². The molecular weight excluding hydrogens is 759 g/mol. The van der Waals surface area contributed by atoms with Gasteiger partial charge in [0.05, 0.1) is 15.5 Å². The summed E-state index contributed by atoms with van der Waals surface area (Å²) in [6, 6.07) is 62.5. The molecule has 3 heterocycles. The Bertz CT molecular complexity index is 2960. The van der Waals surface area contributed by atoms with Crippen molar-refractivity contribution in [1.29, 1.82) is 0 Å². The van der Waals surface area contributed by atoms with Crippen LogP contribution in [0.5, 0.6) is 34.5 Å². The third-order valence-electron chi connectivity index (χ3n) is 12.3. The topological polar surface area (TPSA) is 30.9 Å². The first kappa shape index (κ1) is 35.7. The molecule has 0 spiro atoms. The molecule has 0 N–H and O–H groups in total.